The Balaban J connectivity index is 1.59. The molecule has 134 valence electrons. The summed E-state index contributed by atoms with van der Waals surface area (Å²) in [4.78, 5) is 18.8. The van der Waals surface area contributed by atoms with E-state index in [2.05, 4.69) is 22.2 Å². The first-order valence-corrected chi connectivity index (χ1v) is 9.12. The Morgan fingerprint density at radius 2 is 1.91 bits per heavy atom. The van der Waals surface area contributed by atoms with Crippen LogP contribution in [0.1, 0.15) is 26.2 Å². The van der Waals surface area contributed by atoms with Crippen LogP contribution in [0.25, 0.3) is 0 Å². The predicted octanol–water partition coefficient (Wildman–Crippen LogP) is -0.167. The highest BCUT2D eigenvalue weighted by Crippen LogP contribution is 2.18. The molecule has 2 N–H and O–H groups in total. The highest BCUT2D eigenvalue weighted by atomic mass is 16.3. The molecule has 0 spiro atoms. The third-order valence-corrected chi connectivity index (χ3v) is 4.98. The summed E-state index contributed by atoms with van der Waals surface area (Å²) in [5, 5.41) is 12.7. The third-order valence-electron chi connectivity index (χ3n) is 4.98. The Kier molecular flexibility index (Phi) is 7.76. The zero-order chi connectivity index (χ0) is 16.7. The standard InChI is InChI=1S/C17H34N4O2/c1-15(22)13-20-9-3-16(4-10-20)14-19(2)8-5-17(23)21-11-6-18-7-12-21/h15-16,18,22H,3-14H2,1-2H3. The zero-order valence-electron chi connectivity index (χ0n) is 14.8. The van der Waals surface area contributed by atoms with Crippen molar-refractivity contribution in [3.63, 3.8) is 0 Å². The van der Waals surface area contributed by atoms with Gasteiger partial charge in [-0.05, 0) is 45.8 Å². The average Bonchev–Trinajstić information content (AvgIpc) is 2.55. The number of β-amino-alcohol motifs (C(OH)–C–C–N with tert-alkyl or cyclic N) is 1. The van der Waals surface area contributed by atoms with E-state index in [1.807, 2.05) is 11.8 Å². The highest BCUT2D eigenvalue weighted by molar-refractivity contribution is 5.76. The van der Waals surface area contributed by atoms with Crippen LogP contribution in [0.4, 0.5) is 0 Å². The maximum Gasteiger partial charge on any atom is 0.223 e. The number of aliphatic hydroxyl groups excluding tert-OH is 1. The summed E-state index contributed by atoms with van der Waals surface area (Å²) in [6.07, 6.45) is 2.80. The van der Waals surface area contributed by atoms with Crippen LogP contribution in [0.5, 0.6) is 0 Å². The van der Waals surface area contributed by atoms with E-state index in [1.165, 1.54) is 12.8 Å². The van der Waals surface area contributed by atoms with Crippen molar-refractivity contribution in [1.82, 2.24) is 20.0 Å². The van der Waals surface area contributed by atoms with E-state index in [1.54, 1.807) is 0 Å². The molecule has 2 fully saturated rings. The Bertz CT molecular complexity index is 351. The molecule has 2 rings (SSSR count). The maximum absolute atomic E-state index is 12.2. The smallest absolute Gasteiger partial charge is 0.223 e. The molecule has 0 aliphatic carbocycles. The molecule has 0 aromatic rings. The summed E-state index contributed by atoms with van der Waals surface area (Å²) in [6.45, 7) is 10.3. The molecule has 0 bridgehead atoms. The molecule has 2 heterocycles. The molecule has 23 heavy (non-hydrogen) atoms. The SMILES string of the molecule is CC(O)CN1CCC(CN(C)CCC(=O)N2CCNCC2)CC1. The number of aliphatic hydroxyl groups is 1. The monoisotopic (exact) mass is 326 g/mol. The van der Waals surface area contributed by atoms with Gasteiger partial charge in [0.1, 0.15) is 0 Å². The van der Waals surface area contributed by atoms with Crippen LogP contribution in [0.15, 0.2) is 0 Å². The van der Waals surface area contributed by atoms with Gasteiger partial charge >= 0.3 is 0 Å². The summed E-state index contributed by atoms with van der Waals surface area (Å²) in [5.74, 6) is 1.02. The number of hydrogen-bond acceptors (Lipinski definition) is 5. The molecule has 1 unspecified atom stereocenters. The van der Waals surface area contributed by atoms with Crippen molar-refractivity contribution < 1.29 is 9.90 Å². The van der Waals surface area contributed by atoms with Crippen molar-refractivity contribution in [3.8, 4) is 0 Å². The Morgan fingerprint density at radius 3 is 2.52 bits per heavy atom. The summed E-state index contributed by atoms with van der Waals surface area (Å²) in [6, 6.07) is 0. The Morgan fingerprint density at radius 1 is 1.26 bits per heavy atom. The molecule has 1 atom stereocenters. The van der Waals surface area contributed by atoms with Gasteiger partial charge in [-0.15, -0.1) is 0 Å². The van der Waals surface area contributed by atoms with Gasteiger partial charge in [0, 0.05) is 52.2 Å². The van der Waals surface area contributed by atoms with Crippen molar-refractivity contribution in [2.24, 2.45) is 5.92 Å². The van der Waals surface area contributed by atoms with Crippen molar-refractivity contribution in [3.05, 3.63) is 0 Å². The van der Waals surface area contributed by atoms with Gasteiger partial charge in [0.05, 0.1) is 6.10 Å². The molecule has 2 aliphatic heterocycles. The van der Waals surface area contributed by atoms with Crippen LogP contribution in [-0.2, 0) is 4.79 Å². The lowest BCUT2D eigenvalue weighted by atomic mass is 9.96. The number of amides is 1. The van der Waals surface area contributed by atoms with Crippen LogP contribution in [0.2, 0.25) is 0 Å². The van der Waals surface area contributed by atoms with E-state index in [0.717, 1.165) is 64.8 Å². The van der Waals surface area contributed by atoms with E-state index >= 15 is 0 Å². The lowest BCUT2D eigenvalue weighted by molar-refractivity contribution is -0.132. The topological polar surface area (TPSA) is 59.1 Å². The van der Waals surface area contributed by atoms with Crippen molar-refractivity contribution in [2.75, 3.05) is 66.0 Å². The Hall–Kier alpha value is -0.690. The van der Waals surface area contributed by atoms with Gasteiger partial charge in [-0.25, -0.2) is 0 Å². The number of nitrogens with one attached hydrogen (secondary N) is 1. The van der Waals surface area contributed by atoms with E-state index < -0.39 is 0 Å². The van der Waals surface area contributed by atoms with Crippen LogP contribution in [-0.4, -0.2) is 97.8 Å². The summed E-state index contributed by atoms with van der Waals surface area (Å²) in [5.41, 5.74) is 0. The minimum absolute atomic E-state index is 0.231. The fourth-order valence-electron chi connectivity index (χ4n) is 3.62. The molecule has 0 radical (unpaired) electrons. The van der Waals surface area contributed by atoms with Gasteiger partial charge in [-0.1, -0.05) is 0 Å². The second-order valence-corrected chi connectivity index (χ2v) is 7.24. The first kappa shape index (κ1) is 18.6. The Labute approximate surface area is 140 Å². The van der Waals surface area contributed by atoms with Crippen LogP contribution < -0.4 is 5.32 Å². The van der Waals surface area contributed by atoms with Crippen LogP contribution in [0, 0.1) is 5.92 Å². The number of piperidine rings is 1. The van der Waals surface area contributed by atoms with E-state index in [0.29, 0.717) is 12.3 Å². The fourth-order valence-corrected chi connectivity index (χ4v) is 3.62. The van der Waals surface area contributed by atoms with Gasteiger partial charge in [0.2, 0.25) is 5.91 Å². The van der Waals surface area contributed by atoms with Gasteiger partial charge in [-0.3, -0.25) is 4.79 Å². The average molecular weight is 326 g/mol. The minimum Gasteiger partial charge on any atom is -0.392 e. The quantitative estimate of drug-likeness (QED) is 0.680. The van der Waals surface area contributed by atoms with Crippen molar-refractivity contribution in [1.29, 1.82) is 0 Å². The normalized spacial score (nSPS) is 22.5. The summed E-state index contributed by atoms with van der Waals surface area (Å²) >= 11 is 0. The predicted molar refractivity (Wildman–Crippen MR) is 92.4 cm³/mol. The number of nitrogens with zero attached hydrogens (tertiary/aromatic N) is 3. The van der Waals surface area contributed by atoms with E-state index in [-0.39, 0.29) is 6.10 Å². The second-order valence-electron chi connectivity index (χ2n) is 7.24. The number of rotatable bonds is 7. The molecular weight excluding hydrogens is 292 g/mol. The number of likely N-dealkylation sites (tertiary alicyclic amines) is 1. The molecule has 6 heteroatoms. The van der Waals surface area contributed by atoms with Crippen LogP contribution >= 0.6 is 0 Å². The van der Waals surface area contributed by atoms with Crippen LogP contribution in [0.3, 0.4) is 0 Å². The number of carbonyl (C=O) groups excluding carboxylic acids is 1. The molecule has 2 saturated heterocycles. The van der Waals surface area contributed by atoms with Crippen molar-refractivity contribution in [2.45, 2.75) is 32.3 Å². The molecule has 0 aromatic heterocycles. The first-order chi connectivity index (χ1) is 11.0. The molecule has 1 amide bonds. The summed E-state index contributed by atoms with van der Waals surface area (Å²) < 4.78 is 0. The minimum atomic E-state index is -0.231. The van der Waals surface area contributed by atoms with E-state index in [9.17, 15) is 9.90 Å². The third kappa shape index (κ3) is 6.75. The van der Waals surface area contributed by atoms with E-state index in [4.69, 9.17) is 0 Å². The first-order valence-electron chi connectivity index (χ1n) is 9.12. The lowest BCUT2D eigenvalue weighted by Crippen LogP contribution is -2.47. The molecule has 0 saturated carbocycles. The van der Waals surface area contributed by atoms with Gasteiger partial charge in [-0.2, -0.15) is 0 Å². The molecule has 2 aliphatic rings. The maximum atomic E-state index is 12.2. The number of hydrogen-bond donors (Lipinski definition) is 2. The number of piperazine rings is 1. The van der Waals surface area contributed by atoms with Gasteiger partial charge < -0.3 is 25.1 Å². The lowest BCUT2D eigenvalue weighted by Gasteiger charge is -2.34. The highest BCUT2D eigenvalue weighted by Gasteiger charge is 2.22. The van der Waals surface area contributed by atoms with Gasteiger partial charge in [0.15, 0.2) is 0 Å². The van der Waals surface area contributed by atoms with Crippen molar-refractivity contribution >= 4 is 5.91 Å². The second kappa shape index (κ2) is 9.57. The molecule has 0 aromatic carbocycles. The summed E-state index contributed by atoms with van der Waals surface area (Å²) in [7, 11) is 2.13. The fraction of sp³-hybridized carbons (Fsp3) is 0.941. The largest absolute Gasteiger partial charge is 0.392 e. The molecule has 6 nitrogen and oxygen atoms in total. The van der Waals surface area contributed by atoms with Gasteiger partial charge in [0.25, 0.3) is 0 Å². The molecular formula is C17H34N4O2. The zero-order valence-corrected chi connectivity index (χ0v) is 14.8. The number of carbonyl (C=O) groups is 1.